The topological polar surface area (TPSA) is 15.3 Å². The van der Waals surface area contributed by atoms with Crippen molar-refractivity contribution in [1.82, 2.24) is 10.2 Å². The van der Waals surface area contributed by atoms with E-state index in [4.69, 9.17) is 0 Å². The average molecular weight is 248 g/mol. The summed E-state index contributed by atoms with van der Waals surface area (Å²) >= 11 is 4.04. The standard InChI is InChI=1S/C11H24N2S2/c1-4-11(9-14-3)13(2)7-10-8-15-6-5-12-10/h10-12H,4-9H2,1-3H3. The van der Waals surface area contributed by atoms with Crippen molar-refractivity contribution in [2.75, 3.05) is 43.7 Å². The second kappa shape index (κ2) is 7.82. The predicted octanol–water partition coefficient (Wildman–Crippen LogP) is 1.76. The number of nitrogens with zero attached hydrogens (tertiary/aromatic N) is 1. The fourth-order valence-corrected chi connectivity index (χ4v) is 3.79. The van der Waals surface area contributed by atoms with Gasteiger partial charge in [0.2, 0.25) is 0 Å². The van der Waals surface area contributed by atoms with E-state index in [1.165, 1.54) is 36.8 Å². The molecule has 0 aromatic heterocycles. The van der Waals surface area contributed by atoms with E-state index >= 15 is 0 Å². The van der Waals surface area contributed by atoms with Crippen molar-refractivity contribution in [3.63, 3.8) is 0 Å². The molecule has 1 aliphatic heterocycles. The number of thioether (sulfide) groups is 2. The molecular formula is C11H24N2S2. The number of hydrogen-bond donors (Lipinski definition) is 1. The van der Waals surface area contributed by atoms with Crippen molar-refractivity contribution < 1.29 is 0 Å². The molecule has 4 heteroatoms. The molecule has 2 nitrogen and oxygen atoms in total. The van der Waals surface area contributed by atoms with Crippen LogP contribution in [0.5, 0.6) is 0 Å². The van der Waals surface area contributed by atoms with Crippen molar-refractivity contribution in [2.45, 2.75) is 25.4 Å². The Morgan fingerprint density at radius 2 is 2.40 bits per heavy atom. The lowest BCUT2D eigenvalue weighted by Crippen LogP contribution is -2.48. The minimum atomic E-state index is 0.699. The Balaban J connectivity index is 2.27. The van der Waals surface area contributed by atoms with Gasteiger partial charge < -0.3 is 10.2 Å². The van der Waals surface area contributed by atoms with Crippen molar-refractivity contribution in [2.24, 2.45) is 0 Å². The summed E-state index contributed by atoms with van der Waals surface area (Å²) in [5.41, 5.74) is 0. The molecule has 1 saturated heterocycles. The third-order valence-electron chi connectivity index (χ3n) is 2.96. The van der Waals surface area contributed by atoms with Gasteiger partial charge in [0.25, 0.3) is 0 Å². The zero-order chi connectivity index (χ0) is 11.1. The van der Waals surface area contributed by atoms with Gasteiger partial charge in [0.1, 0.15) is 0 Å². The van der Waals surface area contributed by atoms with Gasteiger partial charge in [-0.3, -0.25) is 0 Å². The van der Waals surface area contributed by atoms with E-state index in [1.807, 2.05) is 11.8 Å². The van der Waals surface area contributed by atoms with Crippen LogP contribution in [0.3, 0.4) is 0 Å². The summed E-state index contributed by atoms with van der Waals surface area (Å²) in [6.07, 6.45) is 3.46. The number of nitrogens with one attached hydrogen (secondary N) is 1. The summed E-state index contributed by atoms with van der Waals surface area (Å²) in [5.74, 6) is 3.81. The Labute approximate surface area is 103 Å². The van der Waals surface area contributed by atoms with Gasteiger partial charge in [-0.15, -0.1) is 0 Å². The predicted molar refractivity (Wildman–Crippen MR) is 74.2 cm³/mol. The quantitative estimate of drug-likeness (QED) is 0.770. The molecule has 1 N–H and O–H groups in total. The first kappa shape index (κ1) is 13.7. The first-order valence-corrected chi connectivity index (χ1v) is 8.33. The van der Waals surface area contributed by atoms with Gasteiger partial charge >= 0.3 is 0 Å². The van der Waals surface area contributed by atoms with Crippen LogP contribution in [0.25, 0.3) is 0 Å². The van der Waals surface area contributed by atoms with Gasteiger partial charge in [0.15, 0.2) is 0 Å². The molecule has 0 aromatic carbocycles. The van der Waals surface area contributed by atoms with E-state index in [-0.39, 0.29) is 0 Å². The van der Waals surface area contributed by atoms with E-state index in [1.54, 1.807) is 0 Å². The maximum absolute atomic E-state index is 3.60. The highest BCUT2D eigenvalue weighted by molar-refractivity contribution is 7.99. The molecule has 0 radical (unpaired) electrons. The summed E-state index contributed by atoms with van der Waals surface area (Å²) in [7, 11) is 2.27. The van der Waals surface area contributed by atoms with Gasteiger partial charge in [0, 0.05) is 42.4 Å². The lowest BCUT2D eigenvalue weighted by atomic mass is 10.2. The van der Waals surface area contributed by atoms with Crippen LogP contribution in [0.1, 0.15) is 13.3 Å². The highest BCUT2D eigenvalue weighted by Crippen LogP contribution is 2.12. The molecule has 1 rings (SSSR count). The number of hydrogen-bond acceptors (Lipinski definition) is 4. The molecule has 0 aromatic rings. The van der Waals surface area contributed by atoms with E-state index in [9.17, 15) is 0 Å². The molecule has 0 aliphatic carbocycles. The smallest absolute Gasteiger partial charge is 0.0285 e. The van der Waals surface area contributed by atoms with Crippen LogP contribution < -0.4 is 5.32 Å². The molecule has 0 saturated carbocycles. The number of likely N-dealkylation sites (N-methyl/N-ethyl adjacent to an activating group) is 1. The number of rotatable bonds is 6. The molecule has 0 amide bonds. The summed E-state index contributed by atoms with van der Waals surface area (Å²) in [6.45, 7) is 4.68. The Morgan fingerprint density at radius 1 is 1.60 bits per heavy atom. The van der Waals surface area contributed by atoms with Crippen LogP contribution in [0, 0.1) is 0 Å². The van der Waals surface area contributed by atoms with Gasteiger partial charge in [-0.05, 0) is 19.7 Å². The van der Waals surface area contributed by atoms with Gasteiger partial charge in [-0.1, -0.05) is 6.92 Å². The molecular weight excluding hydrogens is 224 g/mol. The van der Waals surface area contributed by atoms with Crippen molar-refractivity contribution in [1.29, 1.82) is 0 Å². The highest BCUT2D eigenvalue weighted by Gasteiger charge is 2.18. The Bertz CT molecular complexity index is 161. The third kappa shape index (κ3) is 4.98. The first-order chi connectivity index (χ1) is 7.27. The Kier molecular flexibility index (Phi) is 7.14. The maximum Gasteiger partial charge on any atom is 0.0285 e. The van der Waals surface area contributed by atoms with Gasteiger partial charge in [0.05, 0.1) is 0 Å². The lowest BCUT2D eigenvalue weighted by molar-refractivity contribution is 0.233. The third-order valence-corrected chi connectivity index (χ3v) is 4.81. The second-order valence-corrected chi connectivity index (χ2v) is 6.24. The van der Waals surface area contributed by atoms with Crippen molar-refractivity contribution in [3.05, 3.63) is 0 Å². The van der Waals surface area contributed by atoms with E-state index in [0.717, 1.165) is 6.04 Å². The van der Waals surface area contributed by atoms with Crippen molar-refractivity contribution in [3.8, 4) is 0 Å². The second-order valence-electron chi connectivity index (χ2n) is 4.18. The molecule has 1 heterocycles. The van der Waals surface area contributed by atoms with Crippen molar-refractivity contribution >= 4 is 23.5 Å². The van der Waals surface area contributed by atoms with E-state index in [0.29, 0.717) is 6.04 Å². The fourth-order valence-electron chi connectivity index (χ4n) is 1.98. The molecule has 0 spiro atoms. The summed E-state index contributed by atoms with van der Waals surface area (Å²) in [4.78, 5) is 2.53. The molecule has 2 atom stereocenters. The van der Waals surface area contributed by atoms with Gasteiger partial charge in [-0.2, -0.15) is 23.5 Å². The van der Waals surface area contributed by atoms with Crippen LogP contribution in [-0.4, -0.2) is 60.6 Å². The minimum absolute atomic E-state index is 0.699. The largest absolute Gasteiger partial charge is 0.311 e. The van der Waals surface area contributed by atoms with Crippen LogP contribution in [0.15, 0.2) is 0 Å². The normalized spacial score (nSPS) is 24.4. The zero-order valence-electron chi connectivity index (χ0n) is 10.2. The van der Waals surface area contributed by atoms with Gasteiger partial charge in [-0.25, -0.2) is 0 Å². The molecule has 15 heavy (non-hydrogen) atoms. The zero-order valence-corrected chi connectivity index (χ0v) is 11.8. The van der Waals surface area contributed by atoms with E-state index in [2.05, 4.69) is 42.2 Å². The van der Waals surface area contributed by atoms with Crippen LogP contribution in [-0.2, 0) is 0 Å². The Morgan fingerprint density at radius 3 is 2.93 bits per heavy atom. The highest BCUT2D eigenvalue weighted by atomic mass is 32.2. The molecule has 1 fully saturated rings. The minimum Gasteiger partial charge on any atom is -0.311 e. The Hall–Kier alpha value is 0.620. The monoisotopic (exact) mass is 248 g/mol. The molecule has 1 aliphatic rings. The van der Waals surface area contributed by atoms with Crippen LogP contribution >= 0.6 is 23.5 Å². The lowest BCUT2D eigenvalue weighted by Gasteiger charge is -2.32. The van der Waals surface area contributed by atoms with E-state index < -0.39 is 0 Å². The summed E-state index contributed by atoms with van der Waals surface area (Å²) in [6, 6.07) is 1.44. The van der Waals surface area contributed by atoms with Crippen LogP contribution in [0.4, 0.5) is 0 Å². The summed E-state index contributed by atoms with van der Waals surface area (Å²) < 4.78 is 0. The fraction of sp³-hybridized carbons (Fsp3) is 1.00. The SMILES string of the molecule is CCC(CSC)N(C)CC1CSCCN1. The summed E-state index contributed by atoms with van der Waals surface area (Å²) in [5, 5.41) is 3.60. The molecule has 0 bridgehead atoms. The molecule has 2 unspecified atom stereocenters. The first-order valence-electron chi connectivity index (χ1n) is 5.78. The maximum atomic E-state index is 3.60. The average Bonchev–Trinajstić information content (AvgIpc) is 2.27. The van der Waals surface area contributed by atoms with Crippen LogP contribution in [0.2, 0.25) is 0 Å². The molecule has 90 valence electrons.